The molecule has 1 amide bonds. The standard InChI is InChI=1S/C20H24FN5OS2/c1-4-5-10-26-14(3)13(2)23-20(26)28-12-17-24-25-19(29-17)18(27)22-11-15-6-8-16(21)9-7-15/h6-9H,4-5,10-12H2,1-3H3,(H,22,27). The number of aromatic nitrogens is 4. The van der Waals surface area contributed by atoms with Gasteiger partial charge in [0.15, 0.2) is 5.16 Å². The molecular weight excluding hydrogens is 409 g/mol. The number of rotatable bonds is 9. The van der Waals surface area contributed by atoms with Crippen LogP contribution in [-0.2, 0) is 18.8 Å². The Balaban J connectivity index is 1.57. The van der Waals surface area contributed by atoms with E-state index in [1.54, 1.807) is 23.9 Å². The van der Waals surface area contributed by atoms with Gasteiger partial charge in [0.25, 0.3) is 5.91 Å². The number of thioether (sulfide) groups is 1. The molecule has 0 aliphatic rings. The zero-order valence-electron chi connectivity index (χ0n) is 16.7. The number of nitrogens with zero attached hydrogens (tertiary/aromatic N) is 4. The van der Waals surface area contributed by atoms with Crippen molar-refractivity contribution < 1.29 is 9.18 Å². The van der Waals surface area contributed by atoms with Crippen molar-refractivity contribution in [3.8, 4) is 0 Å². The third-order valence-electron chi connectivity index (χ3n) is 4.51. The van der Waals surface area contributed by atoms with E-state index in [0.717, 1.165) is 40.8 Å². The smallest absolute Gasteiger partial charge is 0.282 e. The summed E-state index contributed by atoms with van der Waals surface area (Å²) in [4.78, 5) is 17.0. The maximum absolute atomic E-state index is 12.9. The van der Waals surface area contributed by atoms with Gasteiger partial charge in [0.1, 0.15) is 10.8 Å². The molecule has 3 aromatic rings. The normalized spacial score (nSPS) is 11.0. The third-order valence-corrected chi connectivity index (χ3v) is 6.60. The maximum atomic E-state index is 12.9. The van der Waals surface area contributed by atoms with Crippen molar-refractivity contribution in [3.63, 3.8) is 0 Å². The van der Waals surface area contributed by atoms with Gasteiger partial charge in [-0.05, 0) is 38.0 Å². The van der Waals surface area contributed by atoms with Crippen molar-refractivity contribution in [2.75, 3.05) is 0 Å². The fraction of sp³-hybridized carbons (Fsp3) is 0.400. The highest BCUT2D eigenvalue weighted by molar-refractivity contribution is 7.98. The minimum atomic E-state index is -0.299. The summed E-state index contributed by atoms with van der Waals surface area (Å²) in [6.07, 6.45) is 2.24. The molecular formula is C20H24FN5OS2. The number of imidazole rings is 1. The number of aryl methyl sites for hydroxylation is 1. The number of benzene rings is 1. The summed E-state index contributed by atoms with van der Waals surface area (Å²) >= 11 is 2.90. The number of carbonyl (C=O) groups excluding carboxylic acids is 1. The molecule has 0 spiro atoms. The van der Waals surface area contributed by atoms with Crippen LogP contribution in [-0.4, -0.2) is 25.7 Å². The number of hydrogen-bond acceptors (Lipinski definition) is 6. The van der Waals surface area contributed by atoms with Crippen LogP contribution in [0.3, 0.4) is 0 Å². The predicted molar refractivity (Wildman–Crippen MR) is 114 cm³/mol. The highest BCUT2D eigenvalue weighted by atomic mass is 32.2. The summed E-state index contributed by atoms with van der Waals surface area (Å²) in [7, 11) is 0. The first-order chi connectivity index (χ1) is 14.0. The number of halogens is 1. The number of unbranched alkanes of at least 4 members (excludes halogenated alkanes) is 1. The van der Waals surface area contributed by atoms with E-state index in [1.165, 1.54) is 29.2 Å². The number of nitrogens with one attached hydrogen (secondary N) is 1. The quantitative estimate of drug-likeness (QED) is 0.503. The van der Waals surface area contributed by atoms with E-state index in [2.05, 4.69) is 38.9 Å². The SMILES string of the molecule is CCCCn1c(SCc2nnc(C(=O)NCc3ccc(F)cc3)s2)nc(C)c1C. The molecule has 0 unspecified atom stereocenters. The van der Waals surface area contributed by atoms with Gasteiger partial charge in [0, 0.05) is 18.8 Å². The van der Waals surface area contributed by atoms with Crippen LogP contribution < -0.4 is 5.32 Å². The molecule has 0 aliphatic heterocycles. The van der Waals surface area contributed by atoms with Crippen LogP contribution in [0.2, 0.25) is 0 Å². The van der Waals surface area contributed by atoms with Crippen molar-refractivity contribution in [3.05, 3.63) is 57.0 Å². The summed E-state index contributed by atoms with van der Waals surface area (Å²) in [5, 5.41) is 13.0. The molecule has 0 saturated heterocycles. The Labute approximate surface area is 178 Å². The van der Waals surface area contributed by atoms with Gasteiger partial charge in [-0.25, -0.2) is 9.37 Å². The molecule has 29 heavy (non-hydrogen) atoms. The van der Waals surface area contributed by atoms with Crippen LogP contribution in [0.1, 0.15) is 51.5 Å². The molecule has 154 valence electrons. The molecule has 9 heteroatoms. The van der Waals surface area contributed by atoms with E-state index in [9.17, 15) is 9.18 Å². The largest absolute Gasteiger partial charge is 0.346 e. The minimum absolute atomic E-state index is 0.279. The minimum Gasteiger partial charge on any atom is -0.346 e. The average molecular weight is 434 g/mol. The van der Waals surface area contributed by atoms with Gasteiger partial charge < -0.3 is 9.88 Å². The van der Waals surface area contributed by atoms with Crippen molar-refractivity contribution in [2.24, 2.45) is 0 Å². The van der Waals surface area contributed by atoms with Crippen molar-refractivity contribution in [1.82, 2.24) is 25.1 Å². The van der Waals surface area contributed by atoms with E-state index in [4.69, 9.17) is 0 Å². The average Bonchev–Trinajstić information content (AvgIpc) is 3.29. The molecule has 0 bridgehead atoms. The van der Waals surface area contributed by atoms with E-state index < -0.39 is 0 Å². The number of hydrogen-bond donors (Lipinski definition) is 1. The monoisotopic (exact) mass is 433 g/mol. The fourth-order valence-electron chi connectivity index (χ4n) is 2.70. The van der Waals surface area contributed by atoms with Gasteiger partial charge in [-0.3, -0.25) is 4.79 Å². The lowest BCUT2D eigenvalue weighted by atomic mass is 10.2. The first-order valence-corrected chi connectivity index (χ1v) is 11.3. The molecule has 3 rings (SSSR count). The Morgan fingerprint density at radius 3 is 2.72 bits per heavy atom. The van der Waals surface area contributed by atoms with Gasteiger partial charge in [-0.15, -0.1) is 10.2 Å². The van der Waals surface area contributed by atoms with Crippen LogP contribution in [0.5, 0.6) is 0 Å². The van der Waals surface area contributed by atoms with Gasteiger partial charge in [0.05, 0.1) is 11.4 Å². The predicted octanol–water partition coefficient (Wildman–Crippen LogP) is 4.51. The molecule has 0 saturated carbocycles. The van der Waals surface area contributed by atoms with Gasteiger partial charge >= 0.3 is 0 Å². The molecule has 2 aromatic heterocycles. The summed E-state index contributed by atoms with van der Waals surface area (Å²) in [5.74, 6) is 0.0385. The third kappa shape index (κ3) is 5.63. The highest BCUT2D eigenvalue weighted by Crippen LogP contribution is 2.26. The van der Waals surface area contributed by atoms with Crippen molar-refractivity contribution in [2.45, 2.75) is 57.6 Å². The lowest BCUT2D eigenvalue weighted by molar-refractivity contribution is 0.0950. The number of carbonyl (C=O) groups is 1. The fourth-order valence-corrected chi connectivity index (χ4v) is 4.56. The molecule has 0 aliphatic carbocycles. The van der Waals surface area contributed by atoms with E-state index in [0.29, 0.717) is 17.3 Å². The van der Waals surface area contributed by atoms with Crippen LogP contribution >= 0.6 is 23.1 Å². The van der Waals surface area contributed by atoms with Crippen LogP contribution in [0.4, 0.5) is 4.39 Å². The lowest BCUT2D eigenvalue weighted by Crippen LogP contribution is -2.22. The molecule has 1 aromatic carbocycles. The maximum Gasteiger partial charge on any atom is 0.282 e. The molecule has 1 N–H and O–H groups in total. The molecule has 0 radical (unpaired) electrons. The molecule has 6 nitrogen and oxygen atoms in total. The first-order valence-electron chi connectivity index (χ1n) is 9.49. The number of amides is 1. The molecule has 0 fully saturated rings. The Hall–Kier alpha value is -2.26. The van der Waals surface area contributed by atoms with E-state index in [-0.39, 0.29) is 11.7 Å². The van der Waals surface area contributed by atoms with Crippen LogP contribution in [0.25, 0.3) is 0 Å². The highest BCUT2D eigenvalue weighted by Gasteiger charge is 2.15. The Bertz CT molecular complexity index is 968. The Morgan fingerprint density at radius 2 is 2.00 bits per heavy atom. The van der Waals surface area contributed by atoms with Gasteiger partial charge in [-0.2, -0.15) is 0 Å². The topological polar surface area (TPSA) is 72.7 Å². The zero-order chi connectivity index (χ0) is 20.8. The zero-order valence-corrected chi connectivity index (χ0v) is 18.4. The summed E-state index contributed by atoms with van der Waals surface area (Å²) in [5.41, 5.74) is 3.06. The second-order valence-electron chi connectivity index (χ2n) is 6.67. The van der Waals surface area contributed by atoms with Gasteiger partial charge in [-0.1, -0.05) is 48.6 Å². The summed E-state index contributed by atoms with van der Waals surface area (Å²) in [6.45, 7) is 7.57. The van der Waals surface area contributed by atoms with Gasteiger partial charge in [0.2, 0.25) is 5.01 Å². The van der Waals surface area contributed by atoms with Crippen LogP contribution in [0.15, 0.2) is 29.4 Å². The Morgan fingerprint density at radius 1 is 1.24 bits per heavy atom. The van der Waals surface area contributed by atoms with Crippen LogP contribution in [0, 0.1) is 19.7 Å². The van der Waals surface area contributed by atoms with E-state index >= 15 is 0 Å². The Kier molecular flexibility index (Phi) is 7.38. The summed E-state index contributed by atoms with van der Waals surface area (Å²) < 4.78 is 15.2. The van der Waals surface area contributed by atoms with Crippen molar-refractivity contribution >= 4 is 29.0 Å². The second-order valence-corrected chi connectivity index (χ2v) is 8.67. The van der Waals surface area contributed by atoms with Crippen molar-refractivity contribution in [1.29, 1.82) is 0 Å². The molecule has 2 heterocycles. The first kappa shape index (κ1) is 21.4. The molecule has 0 atom stereocenters. The summed E-state index contributed by atoms with van der Waals surface area (Å²) in [6, 6.07) is 6.02. The lowest BCUT2D eigenvalue weighted by Gasteiger charge is -2.08. The second kappa shape index (κ2) is 9.98. The van der Waals surface area contributed by atoms with E-state index in [1.807, 2.05) is 6.92 Å².